The van der Waals surface area contributed by atoms with Crippen LogP contribution in [0.5, 0.6) is 0 Å². The lowest BCUT2D eigenvalue weighted by Gasteiger charge is -2.29. The Labute approximate surface area is 113 Å². The van der Waals surface area contributed by atoms with Gasteiger partial charge in [-0.25, -0.2) is 0 Å². The summed E-state index contributed by atoms with van der Waals surface area (Å²) in [6.45, 7) is 2.23. The molecular weight excluding hydrogens is 238 g/mol. The molecule has 0 amide bonds. The molecule has 0 radical (unpaired) electrons. The van der Waals surface area contributed by atoms with E-state index in [-0.39, 0.29) is 5.41 Å². The molecule has 2 aromatic rings. The molecule has 19 heavy (non-hydrogen) atoms. The number of nitrogen functional groups attached to an aromatic ring is 1. The summed E-state index contributed by atoms with van der Waals surface area (Å²) < 4.78 is 5.50. The van der Waals surface area contributed by atoms with Gasteiger partial charge in [0.1, 0.15) is 0 Å². The summed E-state index contributed by atoms with van der Waals surface area (Å²) in [6.07, 6.45) is 6.06. The van der Waals surface area contributed by atoms with Crippen molar-refractivity contribution < 1.29 is 4.52 Å². The van der Waals surface area contributed by atoms with Gasteiger partial charge in [0.15, 0.2) is 0 Å². The van der Waals surface area contributed by atoms with Crippen LogP contribution in [0.25, 0.3) is 11.4 Å². The molecule has 0 saturated heterocycles. The Hall–Kier alpha value is -1.84. The number of benzene rings is 1. The first kappa shape index (κ1) is 12.2. The first-order chi connectivity index (χ1) is 9.17. The molecule has 0 atom stereocenters. The van der Waals surface area contributed by atoms with Crippen LogP contribution >= 0.6 is 0 Å². The minimum atomic E-state index is 0.0455. The molecule has 0 aliphatic heterocycles. The first-order valence-electron chi connectivity index (χ1n) is 6.87. The molecule has 1 heterocycles. The third-order valence-corrected chi connectivity index (χ3v) is 4.04. The number of hydrogen-bond acceptors (Lipinski definition) is 4. The van der Waals surface area contributed by atoms with Gasteiger partial charge in [0, 0.05) is 16.7 Å². The van der Waals surface area contributed by atoms with Gasteiger partial charge in [-0.1, -0.05) is 43.5 Å². The molecule has 1 saturated carbocycles. The number of nitrogens with two attached hydrogens (primary N) is 1. The van der Waals surface area contributed by atoms with Crippen LogP contribution in [0.3, 0.4) is 0 Å². The first-order valence-corrected chi connectivity index (χ1v) is 6.87. The van der Waals surface area contributed by atoms with E-state index in [1.807, 2.05) is 24.3 Å². The Bertz CT molecular complexity index is 570. The molecule has 0 spiro atoms. The number of aromatic nitrogens is 2. The molecule has 1 aliphatic carbocycles. The van der Waals surface area contributed by atoms with Gasteiger partial charge in [0.25, 0.3) is 0 Å². The largest absolute Gasteiger partial charge is 0.399 e. The fraction of sp³-hybridized carbons (Fsp3) is 0.467. The standard InChI is InChI=1S/C15H19N3O/c1-15(8-3-2-4-9-15)14-17-13(18-19-14)11-6-5-7-12(16)10-11/h5-7,10H,2-4,8-9,16H2,1H3. The summed E-state index contributed by atoms with van der Waals surface area (Å²) in [6, 6.07) is 7.59. The second kappa shape index (κ2) is 4.68. The quantitative estimate of drug-likeness (QED) is 0.836. The van der Waals surface area contributed by atoms with Crippen LogP contribution in [-0.4, -0.2) is 10.1 Å². The van der Waals surface area contributed by atoms with Crippen molar-refractivity contribution in [2.45, 2.75) is 44.4 Å². The molecule has 0 unspecified atom stereocenters. The van der Waals surface area contributed by atoms with E-state index in [1.165, 1.54) is 19.3 Å². The van der Waals surface area contributed by atoms with Crippen LogP contribution in [0.15, 0.2) is 28.8 Å². The number of rotatable bonds is 2. The topological polar surface area (TPSA) is 64.9 Å². The number of hydrogen-bond donors (Lipinski definition) is 1. The Balaban J connectivity index is 1.91. The lowest BCUT2D eigenvalue weighted by Crippen LogP contribution is -2.25. The minimum Gasteiger partial charge on any atom is -0.399 e. The zero-order chi connectivity index (χ0) is 13.3. The molecule has 1 aromatic heterocycles. The molecule has 1 fully saturated rings. The highest BCUT2D eigenvalue weighted by Gasteiger charge is 2.34. The summed E-state index contributed by atoms with van der Waals surface area (Å²) in [7, 11) is 0. The van der Waals surface area contributed by atoms with Crippen molar-refractivity contribution in [3.8, 4) is 11.4 Å². The predicted octanol–water partition coefficient (Wildman–Crippen LogP) is 3.54. The molecule has 4 heteroatoms. The van der Waals surface area contributed by atoms with Gasteiger partial charge >= 0.3 is 0 Å². The maximum absolute atomic E-state index is 5.79. The summed E-state index contributed by atoms with van der Waals surface area (Å²) >= 11 is 0. The number of anilines is 1. The third kappa shape index (κ3) is 2.35. The Morgan fingerprint density at radius 2 is 2.00 bits per heavy atom. The fourth-order valence-electron chi connectivity index (χ4n) is 2.81. The zero-order valence-corrected chi connectivity index (χ0v) is 11.2. The Morgan fingerprint density at radius 3 is 2.74 bits per heavy atom. The van der Waals surface area contributed by atoms with E-state index in [9.17, 15) is 0 Å². The van der Waals surface area contributed by atoms with Gasteiger partial charge in [-0.2, -0.15) is 4.98 Å². The minimum absolute atomic E-state index is 0.0455. The highest BCUT2D eigenvalue weighted by Crippen LogP contribution is 2.38. The lowest BCUT2D eigenvalue weighted by molar-refractivity contribution is 0.232. The van der Waals surface area contributed by atoms with Crippen molar-refractivity contribution in [1.29, 1.82) is 0 Å². The van der Waals surface area contributed by atoms with E-state index in [0.29, 0.717) is 11.5 Å². The average molecular weight is 257 g/mol. The smallest absolute Gasteiger partial charge is 0.232 e. The summed E-state index contributed by atoms with van der Waals surface area (Å²) in [5.74, 6) is 1.40. The predicted molar refractivity (Wildman–Crippen MR) is 74.6 cm³/mol. The summed E-state index contributed by atoms with van der Waals surface area (Å²) in [4.78, 5) is 4.58. The molecule has 0 bridgehead atoms. The second-order valence-corrected chi connectivity index (χ2v) is 5.67. The summed E-state index contributed by atoms with van der Waals surface area (Å²) in [5.41, 5.74) is 7.46. The molecular formula is C15H19N3O. The van der Waals surface area contributed by atoms with Crippen molar-refractivity contribution in [1.82, 2.24) is 10.1 Å². The maximum atomic E-state index is 5.79. The Morgan fingerprint density at radius 1 is 1.21 bits per heavy atom. The number of nitrogens with zero attached hydrogens (tertiary/aromatic N) is 2. The highest BCUT2D eigenvalue weighted by atomic mass is 16.5. The lowest BCUT2D eigenvalue weighted by atomic mass is 9.75. The van der Waals surface area contributed by atoms with E-state index >= 15 is 0 Å². The second-order valence-electron chi connectivity index (χ2n) is 5.67. The third-order valence-electron chi connectivity index (χ3n) is 4.04. The molecule has 2 N–H and O–H groups in total. The van der Waals surface area contributed by atoms with Crippen LogP contribution in [-0.2, 0) is 5.41 Å². The van der Waals surface area contributed by atoms with Gasteiger partial charge in [0.05, 0.1) is 0 Å². The SMILES string of the molecule is CC1(c2nc(-c3cccc(N)c3)no2)CCCCC1. The Kier molecular flexibility index (Phi) is 3.01. The van der Waals surface area contributed by atoms with Crippen molar-refractivity contribution in [2.75, 3.05) is 5.73 Å². The highest BCUT2D eigenvalue weighted by molar-refractivity contribution is 5.60. The monoisotopic (exact) mass is 257 g/mol. The van der Waals surface area contributed by atoms with E-state index < -0.39 is 0 Å². The molecule has 4 nitrogen and oxygen atoms in total. The van der Waals surface area contributed by atoms with Gasteiger partial charge in [-0.05, 0) is 25.0 Å². The van der Waals surface area contributed by atoms with Gasteiger partial charge < -0.3 is 10.3 Å². The van der Waals surface area contributed by atoms with Gasteiger partial charge in [-0.15, -0.1) is 0 Å². The van der Waals surface area contributed by atoms with Gasteiger partial charge in [-0.3, -0.25) is 0 Å². The fourth-order valence-corrected chi connectivity index (χ4v) is 2.81. The van der Waals surface area contributed by atoms with Gasteiger partial charge in [0.2, 0.25) is 11.7 Å². The molecule has 3 rings (SSSR count). The normalized spacial score (nSPS) is 18.4. The van der Waals surface area contributed by atoms with Crippen LogP contribution in [0, 0.1) is 0 Å². The molecule has 100 valence electrons. The average Bonchev–Trinajstić information content (AvgIpc) is 2.90. The van der Waals surface area contributed by atoms with Crippen molar-refractivity contribution in [3.05, 3.63) is 30.2 Å². The zero-order valence-electron chi connectivity index (χ0n) is 11.2. The van der Waals surface area contributed by atoms with Crippen LogP contribution in [0.2, 0.25) is 0 Å². The molecule has 1 aliphatic rings. The van der Waals surface area contributed by atoms with Crippen LogP contribution < -0.4 is 5.73 Å². The summed E-state index contributed by atoms with van der Waals surface area (Å²) in [5, 5.41) is 4.11. The van der Waals surface area contributed by atoms with E-state index in [1.54, 1.807) is 0 Å². The van der Waals surface area contributed by atoms with Crippen molar-refractivity contribution in [2.24, 2.45) is 0 Å². The van der Waals surface area contributed by atoms with Crippen LogP contribution in [0.4, 0.5) is 5.69 Å². The van der Waals surface area contributed by atoms with E-state index in [4.69, 9.17) is 10.3 Å². The van der Waals surface area contributed by atoms with E-state index in [0.717, 1.165) is 24.3 Å². The maximum Gasteiger partial charge on any atom is 0.232 e. The van der Waals surface area contributed by atoms with E-state index in [2.05, 4.69) is 17.1 Å². The van der Waals surface area contributed by atoms with Crippen molar-refractivity contribution >= 4 is 5.69 Å². The van der Waals surface area contributed by atoms with Crippen molar-refractivity contribution in [3.63, 3.8) is 0 Å². The van der Waals surface area contributed by atoms with Crippen LogP contribution in [0.1, 0.15) is 44.9 Å². The molecule has 1 aromatic carbocycles.